The zero-order chi connectivity index (χ0) is 12.9. The number of hydrogen-bond donors (Lipinski definition) is 0. The van der Waals surface area contributed by atoms with Gasteiger partial charge < -0.3 is 4.74 Å². The van der Waals surface area contributed by atoms with Crippen molar-refractivity contribution in [3.63, 3.8) is 0 Å². The van der Waals surface area contributed by atoms with E-state index in [9.17, 15) is 4.79 Å². The lowest BCUT2D eigenvalue weighted by Gasteiger charge is -2.33. The molecule has 3 heteroatoms. The van der Waals surface area contributed by atoms with Gasteiger partial charge in [-0.3, -0.25) is 9.69 Å². The molecule has 3 nitrogen and oxygen atoms in total. The third kappa shape index (κ3) is 3.98. The van der Waals surface area contributed by atoms with Gasteiger partial charge in [0.1, 0.15) is 5.54 Å². The fourth-order valence-corrected chi connectivity index (χ4v) is 2.42. The Hall–Kier alpha value is -0.570. The first-order chi connectivity index (χ1) is 7.98. The van der Waals surface area contributed by atoms with Gasteiger partial charge >= 0.3 is 5.97 Å². The molecule has 1 saturated carbocycles. The highest BCUT2D eigenvalue weighted by molar-refractivity contribution is 5.79. The number of esters is 1. The van der Waals surface area contributed by atoms with Gasteiger partial charge in [0.25, 0.3) is 0 Å². The van der Waals surface area contributed by atoms with Crippen molar-refractivity contribution in [3.05, 3.63) is 0 Å². The van der Waals surface area contributed by atoms with E-state index in [2.05, 4.69) is 4.90 Å². The van der Waals surface area contributed by atoms with Crippen molar-refractivity contribution in [3.8, 4) is 0 Å². The van der Waals surface area contributed by atoms with Gasteiger partial charge in [0.15, 0.2) is 0 Å². The Morgan fingerprint density at radius 3 is 2.47 bits per heavy atom. The van der Waals surface area contributed by atoms with E-state index in [4.69, 9.17) is 4.74 Å². The quantitative estimate of drug-likeness (QED) is 0.670. The zero-order valence-corrected chi connectivity index (χ0v) is 11.8. The van der Waals surface area contributed by atoms with Crippen LogP contribution in [0.1, 0.15) is 52.9 Å². The lowest BCUT2D eigenvalue weighted by molar-refractivity contribution is -0.155. The Kier molecular flexibility index (Phi) is 5.44. The predicted molar refractivity (Wildman–Crippen MR) is 69.9 cm³/mol. The molecular weight excluding hydrogens is 214 g/mol. The summed E-state index contributed by atoms with van der Waals surface area (Å²) in [7, 11) is 2.02. The van der Waals surface area contributed by atoms with Crippen LogP contribution in [0.2, 0.25) is 0 Å². The standard InChI is InChI=1S/C14H27NO2/c1-5-17-13(16)14(2,3)15(4)11-10-12-8-6-7-9-12/h12H,5-11H2,1-4H3. The Labute approximate surface area is 106 Å². The third-order valence-corrected chi connectivity index (χ3v) is 4.08. The van der Waals surface area contributed by atoms with E-state index in [1.807, 2.05) is 27.8 Å². The van der Waals surface area contributed by atoms with Crippen molar-refractivity contribution < 1.29 is 9.53 Å². The molecule has 0 aromatic rings. The summed E-state index contributed by atoms with van der Waals surface area (Å²) in [6, 6.07) is 0. The molecule has 0 aromatic carbocycles. The molecule has 0 radical (unpaired) electrons. The molecule has 0 N–H and O–H groups in total. The van der Waals surface area contributed by atoms with Crippen LogP contribution in [0.5, 0.6) is 0 Å². The highest BCUT2D eigenvalue weighted by Gasteiger charge is 2.33. The van der Waals surface area contributed by atoms with Gasteiger partial charge in [-0.05, 0) is 46.7 Å². The Morgan fingerprint density at radius 1 is 1.35 bits per heavy atom. The van der Waals surface area contributed by atoms with Gasteiger partial charge in [-0.1, -0.05) is 25.7 Å². The fourth-order valence-electron chi connectivity index (χ4n) is 2.42. The van der Waals surface area contributed by atoms with E-state index in [0.717, 1.165) is 12.5 Å². The maximum atomic E-state index is 11.8. The van der Waals surface area contributed by atoms with Gasteiger partial charge in [0.2, 0.25) is 0 Å². The second kappa shape index (κ2) is 6.39. The van der Waals surface area contributed by atoms with Crippen molar-refractivity contribution in [2.45, 2.75) is 58.4 Å². The summed E-state index contributed by atoms with van der Waals surface area (Å²) in [5.74, 6) is 0.754. The lowest BCUT2D eigenvalue weighted by Crippen LogP contribution is -2.49. The molecule has 1 aliphatic rings. The van der Waals surface area contributed by atoms with Crippen molar-refractivity contribution in [1.82, 2.24) is 4.90 Å². The topological polar surface area (TPSA) is 29.5 Å². The average Bonchev–Trinajstić information content (AvgIpc) is 2.78. The number of hydrogen-bond acceptors (Lipinski definition) is 3. The van der Waals surface area contributed by atoms with Crippen LogP contribution in [0.15, 0.2) is 0 Å². The van der Waals surface area contributed by atoms with Gasteiger partial charge in [0.05, 0.1) is 6.61 Å². The first-order valence-electron chi connectivity index (χ1n) is 6.87. The van der Waals surface area contributed by atoms with Crippen molar-refractivity contribution in [2.75, 3.05) is 20.2 Å². The van der Waals surface area contributed by atoms with Crippen LogP contribution in [-0.4, -0.2) is 36.6 Å². The van der Waals surface area contributed by atoms with Crippen LogP contribution in [0, 0.1) is 5.92 Å². The van der Waals surface area contributed by atoms with Crippen LogP contribution in [-0.2, 0) is 9.53 Å². The zero-order valence-electron chi connectivity index (χ0n) is 11.8. The summed E-state index contributed by atoms with van der Waals surface area (Å²) in [6.07, 6.45) is 6.71. The maximum absolute atomic E-state index is 11.8. The molecule has 0 spiro atoms. The summed E-state index contributed by atoms with van der Waals surface area (Å²) >= 11 is 0. The molecule has 0 atom stereocenters. The Morgan fingerprint density at radius 2 is 1.94 bits per heavy atom. The van der Waals surface area contributed by atoms with Crippen LogP contribution >= 0.6 is 0 Å². The fraction of sp³-hybridized carbons (Fsp3) is 0.929. The van der Waals surface area contributed by atoms with Crippen LogP contribution in [0.4, 0.5) is 0 Å². The summed E-state index contributed by atoms with van der Waals surface area (Å²) in [5.41, 5.74) is -0.505. The molecule has 0 heterocycles. The number of rotatable bonds is 6. The second-order valence-corrected chi connectivity index (χ2v) is 5.64. The van der Waals surface area contributed by atoms with E-state index in [0.29, 0.717) is 6.61 Å². The van der Waals surface area contributed by atoms with Crippen LogP contribution in [0.25, 0.3) is 0 Å². The van der Waals surface area contributed by atoms with E-state index in [1.165, 1.54) is 32.1 Å². The summed E-state index contributed by atoms with van der Waals surface area (Å²) < 4.78 is 5.12. The second-order valence-electron chi connectivity index (χ2n) is 5.64. The monoisotopic (exact) mass is 241 g/mol. The summed E-state index contributed by atoms with van der Waals surface area (Å²) in [5, 5.41) is 0. The summed E-state index contributed by atoms with van der Waals surface area (Å²) in [6.45, 7) is 7.18. The molecule has 0 aromatic heterocycles. The molecule has 100 valence electrons. The minimum absolute atomic E-state index is 0.117. The molecule has 0 unspecified atom stereocenters. The molecule has 1 rings (SSSR count). The lowest BCUT2D eigenvalue weighted by atomic mass is 10.00. The molecule has 1 aliphatic carbocycles. The number of carbonyl (C=O) groups is 1. The molecule has 0 aliphatic heterocycles. The van der Waals surface area contributed by atoms with Gasteiger partial charge in [-0.2, -0.15) is 0 Å². The predicted octanol–water partition coefficient (Wildman–Crippen LogP) is 2.84. The summed E-state index contributed by atoms with van der Waals surface area (Å²) in [4.78, 5) is 14.0. The largest absolute Gasteiger partial charge is 0.465 e. The number of likely N-dealkylation sites (N-methyl/N-ethyl adjacent to an activating group) is 1. The number of nitrogens with zero attached hydrogens (tertiary/aromatic N) is 1. The van der Waals surface area contributed by atoms with Gasteiger partial charge in [0, 0.05) is 0 Å². The van der Waals surface area contributed by atoms with Crippen LogP contribution < -0.4 is 0 Å². The molecule has 0 amide bonds. The average molecular weight is 241 g/mol. The van der Waals surface area contributed by atoms with Crippen molar-refractivity contribution in [1.29, 1.82) is 0 Å². The van der Waals surface area contributed by atoms with Crippen molar-refractivity contribution in [2.24, 2.45) is 5.92 Å². The van der Waals surface area contributed by atoms with Crippen LogP contribution in [0.3, 0.4) is 0 Å². The maximum Gasteiger partial charge on any atom is 0.325 e. The van der Waals surface area contributed by atoms with Gasteiger partial charge in [-0.25, -0.2) is 0 Å². The normalized spacial score (nSPS) is 17.7. The smallest absolute Gasteiger partial charge is 0.325 e. The molecular formula is C14H27NO2. The SMILES string of the molecule is CCOC(=O)C(C)(C)N(C)CCC1CCCC1. The van der Waals surface area contributed by atoms with Gasteiger partial charge in [-0.15, -0.1) is 0 Å². The molecule has 17 heavy (non-hydrogen) atoms. The van der Waals surface area contributed by atoms with E-state index in [1.54, 1.807) is 0 Å². The molecule has 1 fully saturated rings. The van der Waals surface area contributed by atoms with E-state index < -0.39 is 5.54 Å². The third-order valence-electron chi connectivity index (χ3n) is 4.08. The molecule has 0 saturated heterocycles. The number of ether oxygens (including phenoxy) is 1. The first kappa shape index (κ1) is 14.5. The number of carbonyl (C=O) groups excluding carboxylic acids is 1. The van der Waals surface area contributed by atoms with Crippen molar-refractivity contribution >= 4 is 5.97 Å². The van der Waals surface area contributed by atoms with E-state index >= 15 is 0 Å². The molecule has 0 bridgehead atoms. The highest BCUT2D eigenvalue weighted by atomic mass is 16.5. The highest BCUT2D eigenvalue weighted by Crippen LogP contribution is 2.28. The Bertz CT molecular complexity index is 245. The minimum atomic E-state index is -0.505. The minimum Gasteiger partial charge on any atom is -0.465 e. The van der Waals surface area contributed by atoms with E-state index in [-0.39, 0.29) is 5.97 Å². The Balaban J connectivity index is 2.38. The first-order valence-corrected chi connectivity index (χ1v) is 6.87.